The van der Waals surface area contributed by atoms with Crippen LogP contribution in [0.25, 0.3) is 0 Å². The van der Waals surface area contributed by atoms with Crippen molar-refractivity contribution in [3.63, 3.8) is 0 Å². The molecule has 2 aromatic heterocycles. The predicted molar refractivity (Wildman–Crippen MR) is 71.2 cm³/mol. The van der Waals surface area contributed by atoms with E-state index in [1.165, 1.54) is 17.5 Å². The first-order chi connectivity index (χ1) is 8.66. The Morgan fingerprint density at radius 1 is 1.17 bits per heavy atom. The normalized spacial score (nSPS) is 9.83. The van der Waals surface area contributed by atoms with Gasteiger partial charge in [-0.1, -0.05) is 0 Å². The number of rotatable bonds is 2. The van der Waals surface area contributed by atoms with Crippen LogP contribution in [0.15, 0.2) is 40.4 Å². The van der Waals surface area contributed by atoms with Gasteiger partial charge in [-0.25, -0.2) is 0 Å². The zero-order chi connectivity index (χ0) is 13.0. The summed E-state index contributed by atoms with van der Waals surface area (Å²) < 4.78 is 0.853. The smallest absolute Gasteiger partial charge is 0.267 e. The first-order valence-electron chi connectivity index (χ1n) is 4.93. The Morgan fingerprint density at radius 3 is 2.56 bits per heavy atom. The molecular weight excluding hydrogens is 318 g/mol. The van der Waals surface area contributed by atoms with Crippen LogP contribution < -0.4 is 10.9 Å². The van der Waals surface area contributed by atoms with E-state index in [9.17, 15) is 9.59 Å². The van der Waals surface area contributed by atoms with Crippen LogP contribution in [0.2, 0.25) is 0 Å². The number of aromatic nitrogens is 1. The minimum atomic E-state index is -0.410. The molecule has 18 heavy (non-hydrogen) atoms. The SMILES string of the molecule is O=C(NNC(=O)c1ccc(Br)s1)c1cccnc1. The van der Waals surface area contributed by atoms with Crippen molar-refractivity contribution in [3.05, 3.63) is 50.9 Å². The number of carbonyl (C=O) groups excluding carboxylic acids is 2. The van der Waals surface area contributed by atoms with Gasteiger partial charge < -0.3 is 0 Å². The summed E-state index contributed by atoms with van der Waals surface area (Å²) in [6.45, 7) is 0. The maximum Gasteiger partial charge on any atom is 0.279 e. The molecule has 5 nitrogen and oxygen atoms in total. The van der Waals surface area contributed by atoms with Gasteiger partial charge >= 0.3 is 0 Å². The Bertz CT molecular complexity index is 571. The highest BCUT2D eigenvalue weighted by atomic mass is 79.9. The fourth-order valence-corrected chi connectivity index (χ4v) is 2.46. The average Bonchev–Trinajstić information content (AvgIpc) is 2.83. The molecule has 2 heterocycles. The number of hydrogen-bond donors (Lipinski definition) is 2. The second-order valence-electron chi connectivity index (χ2n) is 3.25. The van der Waals surface area contributed by atoms with E-state index in [2.05, 4.69) is 31.8 Å². The van der Waals surface area contributed by atoms with Gasteiger partial charge in [0.05, 0.1) is 14.2 Å². The standard InChI is InChI=1S/C11H8BrN3O2S/c12-9-4-3-8(18-9)11(17)15-14-10(16)7-2-1-5-13-6-7/h1-6H,(H,14,16)(H,15,17). The van der Waals surface area contributed by atoms with Crippen molar-refractivity contribution in [2.45, 2.75) is 0 Å². The second-order valence-corrected chi connectivity index (χ2v) is 5.72. The summed E-state index contributed by atoms with van der Waals surface area (Å²) in [6.07, 6.45) is 2.99. The first kappa shape index (κ1) is 12.7. The van der Waals surface area contributed by atoms with Crippen molar-refractivity contribution in [2.75, 3.05) is 0 Å². The molecule has 2 amide bonds. The lowest BCUT2D eigenvalue weighted by atomic mass is 10.3. The maximum absolute atomic E-state index is 11.6. The molecule has 0 aliphatic carbocycles. The summed E-state index contributed by atoms with van der Waals surface area (Å²) >= 11 is 4.54. The third-order valence-corrected chi connectivity index (χ3v) is 3.63. The van der Waals surface area contributed by atoms with Crippen LogP contribution in [-0.4, -0.2) is 16.8 Å². The molecule has 7 heteroatoms. The fraction of sp³-hybridized carbons (Fsp3) is 0. The third kappa shape index (κ3) is 3.14. The van der Waals surface area contributed by atoms with E-state index in [0.717, 1.165) is 3.79 Å². The molecule has 0 aromatic carbocycles. The van der Waals surface area contributed by atoms with Gasteiger partial charge in [0, 0.05) is 12.4 Å². The maximum atomic E-state index is 11.6. The van der Waals surface area contributed by atoms with Crippen LogP contribution in [0.4, 0.5) is 0 Å². The third-order valence-electron chi connectivity index (χ3n) is 2.01. The summed E-state index contributed by atoms with van der Waals surface area (Å²) in [5, 5.41) is 0. The molecule has 0 saturated heterocycles. The van der Waals surface area contributed by atoms with Gasteiger partial charge in [0.15, 0.2) is 0 Å². The lowest BCUT2D eigenvalue weighted by Crippen LogP contribution is -2.41. The molecule has 0 aliphatic rings. The van der Waals surface area contributed by atoms with Crippen molar-refractivity contribution in [1.82, 2.24) is 15.8 Å². The lowest BCUT2D eigenvalue weighted by Gasteiger charge is -2.05. The Hall–Kier alpha value is -1.73. The van der Waals surface area contributed by atoms with Gasteiger partial charge in [-0.15, -0.1) is 11.3 Å². The van der Waals surface area contributed by atoms with Crippen LogP contribution in [0, 0.1) is 0 Å². The highest BCUT2D eigenvalue weighted by Gasteiger charge is 2.10. The minimum Gasteiger partial charge on any atom is -0.267 e. The minimum absolute atomic E-state index is 0.358. The zero-order valence-corrected chi connectivity index (χ0v) is 11.4. The predicted octanol–water partition coefficient (Wildman–Crippen LogP) is 1.98. The summed E-state index contributed by atoms with van der Waals surface area (Å²) in [7, 11) is 0. The number of halogens is 1. The van der Waals surface area contributed by atoms with Gasteiger partial charge in [0.25, 0.3) is 11.8 Å². The van der Waals surface area contributed by atoms with Gasteiger partial charge in [0.2, 0.25) is 0 Å². The first-order valence-corrected chi connectivity index (χ1v) is 6.54. The Balaban J connectivity index is 1.92. The Kier molecular flexibility index (Phi) is 4.06. The van der Waals surface area contributed by atoms with E-state index in [1.807, 2.05) is 0 Å². The topological polar surface area (TPSA) is 71.1 Å². The summed E-state index contributed by atoms with van der Waals surface area (Å²) in [4.78, 5) is 27.6. The van der Waals surface area contributed by atoms with Gasteiger partial charge in [-0.3, -0.25) is 25.4 Å². The number of nitrogens with zero attached hydrogens (tertiary/aromatic N) is 1. The molecule has 0 spiro atoms. The van der Waals surface area contributed by atoms with Gasteiger partial charge in [0.1, 0.15) is 0 Å². The molecule has 2 aromatic rings. The number of thiophene rings is 1. The number of amides is 2. The van der Waals surface area contributed by atoms with Crippen LogP contribution in [0.3, 0.4) is 0 Å². The van der Waals surface area contributed by atoms with Crippen molar-refractivity contribution in [1.29, 1.82) is 0 Å². The number of hydrogen-bond acceptors (Lipinski definition) is 4. The van der Waals surface area contributed by atoms with E-state index in [1.54, 1.807) is 30.5 Å². The van der Waals surface area contributed by atoms with E-state index in [4.69, 9.17) is 0 Å². The van der Waals surface area contributed by atoms with Gasteiger partial charge in [-0.05, 0) is 40.2 Å². The van der Waals surface area contributed by atoms with Crippen molar-refractivity contribution in [2.24, 2.45) is 0 Å². The van der Waals surface area contributed by atoms with Crippen LogP contribution >= 0.6 is 27.3 Å². The van der Waals surface area contributed by atoms with Crippen LogP contribution in [-0.2, 0) is 0 Å². The molecule has 0 radical (unpaired) electrons. The number of pyridine rings is 1. The highest BCUT2D eigenvalue weighted by Crippen LogP contribution is 2.21. The molecule has 92 valence electrons. The Morgan fingerprint density at radius 2 is 1.94 bits per heavy atom. The van der Waals surface area contributed by atoms with Crippen molar-refractivity contribution >= 4 is 39.1 Å². The average molecular weight is 326 g/mol. The number of hydrazine groups is 1. The molecule has 2 N–H and O–H groups in total. The summed E-state index contributed by atoms with van der Waals surface area (Å²) in [5.41, 5.74) is 5.03. The fourth-order valence-electron chi connectivity index (χ4n) is 1.18. The summed E-state index contributed by atoms with van der Waals surface area (Å²) in [5.74, 6) is -0.769. The number of carbonyl (C=O) groups is 2. The quantitative estimate of drug-likeness (QED) is 0.829. The molecule has 0 aliphatic heterocycles. The molecular formula is C11H8BrN3O2S. The molecule has 0 atom stereocenters. The highest BCUT2D eigenvalue weighted by molar-refractivity contribution is 9.11. The van der Waals surface area contributed by atoms with Crippen LogP contribution in [0.5, 0.6) is 0 Å². The molecule has 0 unspecified atom stereocenters. The van der Waals surface area contributed by atoms with Crippen LogP contribution in [0.1, 0.15) is 20.0 Å². The van der Waals surface area contributed by atoms with E-state index in [0.29, 0.717) is 10.4 Å². The monoisotopic (exact) mass is 325 g/mol. The summed E-state index contributed by atoms with van der Waals surface area (Å²) in [6, 6.07) is 6.69. The van der Waals surface area contributed by atoms with E-state index >= 15 is 0 Å². The largest absolute Gasteiger partial charge is 0.279 e. The number of nitrogens with one attached hydrogen (secondary N) is 2. The molecule has 2 rings (SSSR count). The Labute approximate surface area is 115 Å². The molecule has 0 bridgehead atoms. The van der Waals surface area contributed by atoms with E-state index in [-0.39, 0.29) is 5.91 Å². The van der Waals surface area contributed by atoms with E-state index < -0.39 is 5.91 Å². The van der Waals surface area contributed by atoms with Gasteiger partial charge in [-0.2, -0.15) is 0 Å². The zero-order valence-electron chi connectivity index (χ0n) is 9.01. The second kappa shape index (κ2) is 5.74. The molecule has 0 fully saturated rings. The molecule has 0 saturated carbocycles. The van der Waals surface area contributed by atoms with Crippen molar-refractivity contribution < 1.29 is 9.59 Å². The van der Waals surface area contributed by atoms with Crippen molar-refractivity contribution in [3.8, 4) is 0 Å². The lowest BCUT2D eigenvalue weighted by molar-refractivity contribution is 0.0848.